The molecule has 1 amide bonds. The number of amides is 1. The second-order valence-corrected chi connectivity index (χ2v) is 6.67. The van der Waals surface area contributed by atoms with E-state index in [-0.39, 0.29) is 12.0 Å². The number of aliphatic hydroxyl groups excluding tert-OH is 1. The Balaban J connectivity index is 1.88. The topological polar surface area (TPSA) is 49.3 Å². The van der Waals surface area contributed by atoms with Crippen LogP contribution < -0.4 is 5.32 Å². The van der Waals surface area contributed by atoms with Crippen LogP contribution in [0.15, 0.2) is 11.4 Å². The molecule has 0 spiro atoms. The second kappa shape index (κ2) is 6.53. The molecule has 4 heteroatoms. The second-order valence-electron chi connectivity index (χ2n) is 5.76. The van der Waals surface area contributed by atoms with E-state index in [0.717, 1.165) is 36.1 Å². The Morgan fingerprint density at radius 3 is 3.00 bits per heavy atom. The van der Waals surface area contributed by atoms with Crippen molar-refractivity contribution in [3.8, 4) is 0 Å². The first kappa shape index (κ1) is 14.5. The molecule has 1 aliphatic rings. The molecule has 3 nitrogen and oxygen atoms in total. The molecule has 2 rings (SSSR count). The first-order chi connectivity index (χ1) is 9.08. The van der Waals surface area contributed by atoms with Crippen LogP contribution in [0.4, 0.5) is 0 Å². The Labute approximate surface area is 119 Å². The summed E-state index contributed by atoms with van der Waals surface area (Å²) in [6, 6.07) is 2.04. The van der Waals surface area contributed by atoms with Crippen molar-refractivity contribution < 1.29 is 9.90 Å². The molecule has 1 aromatic heterocycles. The Morgan fingerprint density at radius 1 is 1.53 bits per heavy atom. The van der Waals surface area contributed by atoms with Crippen LogP contribution in [0.1, 0.15) is 60.7 Å². The van der Waals surface area contributed by atoms with E-state index >= 15 is 0 Å². The van der Waals surface area contributed by atoms with Crippen molar-refractivity contribution in [3.63, 3.8) is 0 Å². The fourth-order valence-corrected chi connectivity index (χ4v) is 3.69. The van der Waals surface area contributed by atoms with E-state index in [2.05, 4.69) is 19.2 Å². The summed E-state index contributed by atoms with van der Waals surface area (Å²) in [6.45, 7) is 4.90. The number of thiophene rings is 1. The minimum Gasteiger partial charge on any atom is -0.393 e. The highest BCUT2D eigenvalue weighted by molar-refractivity contribution is 7.12. The highest BCUT2D eigenvalue weighted by atomic mass is 32.1. The minimum atomic E-state index is -0.177. The average molecular weight is 281 g/mol. The van der Waals surface area contributed by atoms with Crippen LogP contribution in [0.5, 0.6) is 0 Å². The van der Waals surface area contributed by atoms with Crippen molar-refractivity contribution in [1.82, 2.24) is 5.32 Å². The number of hydrogen-bond acceptors (Lipinski definition) is 3. The molecular weight excluding hydrogens is 258 g/mol. The van der Waals surface area contributed by atoms with Gasteiger partial charge in [0.25, 0.3) is 5.91 Å². The highest BCUT2D eigenvalue weighted by Gasteiger charge is 2.21. The SMILES string of the molecule is CC(C)c1ccsc1C(=O)NCC1CCCC(O)C1. The third-order valence-electron chi connectivity index (χ3n) is 3.83. The van der Waals surface area contributed by atoms with Crippen molar-refractivity contribution in [2.24, 2.45) is 5.92 Å². The van der Waals surface area contributed by atoms with Gasteiger partial charge in [0.2, 0.25) is 0 Å². The molecule has 1 aliphatic carbocycles. The monoisotopic (exact) mass is 281 g/mol. The van der Waals surface area contributed by atoms with E-state index in [4.69, 9.17) is 0 Å². The van der Waals surface area contributed by atoms with Crippen LogP contribution in [0.25, 0.3) is 0 Å². The largest absolute Gasteiger partial charge is 0.393 e. The molecule has 0 aromatic carbocycles. The number of aliphatic hydroxyl groups is 1. The van der Waals surface area contributed by atoms with Gasteiger partial charge in [0.05, 0.1) is 11.0 Å². The molecule has 2 N–H and O–H groups in total. The zero-order valence-corrected chi connectivity index (χ0v) is 12.5. The predicted molar refractivity (Wildman–Crippen MR) is 78.7 cm³/mol. The third-order valence-corrected chi connectivity index (χ3v) is 4.76. The Hall–Kier alpha value is -0.870. The van der Waals surface area contributed by atoms with E-state index < -0.39 is 0 Å². The normalized spacial score (nSPS) is 23.6. The maximum atomic E-state index is 12.2. The molecule has 0 saturated heterocycles. The molecule has 106 valence electrons. The van der Waals surface area contributed by atoms with Gasteiger partial charge in [0, 0.05) is 6.54 Å². The number of carbonyl (C=O) groups is 1. The van der Waals surface area contributed by atoms with Crippen LogP contribution in [-0.4, -0.2) is 23.7 Å². The lowest BCUT2D eigenvalue weighted by Gasteiger charge is -2.25. The van der Waals surface area contributed by atoms with Gasteiger partial charge in [-0.1, -0.05) is 20.3 Å². The maximum absolute atomic E-state index is 12.2. The molecule has 1 aromatic rings. The number of carbonyl (C=O) groups excluding carboxylic acids is 1. The molecule has 0 bridgehead atoms. The molecule has 1 heterocycles. The summed E-state index contributed by atoms with van der Waals surface area (Å²) >= 11 is 1.51. The zero-order valence-electron chi connectivity index (χ0n) is 11.7. The van der Waals surface area contributed by atoms with Crippen molar-refractivity contribution >= 4 is 17.2 Å². The number of hydrogen-bond donors (Lipinski definition) is 2. The molecule has 2 atom stereocenters. The number of nitrogens with one attached hydrogen (secondary N) is 1. The first-order valence-corrected chi connectivity index (χ1v) is 7.99. The highest BCUT2D eigenvalue weighted by Crippen LogP contribution is 2.26. The van der Waals surface area contributed by atoms with E-state index in [1.165, 1.54) is 11.3 Å². The lowest BCUT2D eigenvalue weighted by molar-refractivity contribution is 0.0876. The summed E-state index contributed by atoms with van der Waals surface area (Å²) < 4.78 is 0. The molecular formula is C15H23NO2S. The third kappa shape index (κ3) is 3.80. The van der Waals surface area contributed by atoms with Crippen molar-refractivity contribution in [1.29, 1.82) is 0 Å². The van der Waals surface area contributed by atoms with Crippen molar-refractivity contribution in [2.45, 2.75) is 51.6 Å². The van der Waals surface area contributed by atoms with Crippen LogP contribution in [-0.2, 0) is 0 Å². The van der Waals surface area contributed by atoms with Crippen LogP contribution >= 0.6 is 11.3 Å². The van der Waals surface area contributed by atoms with Crippen molar-refractivity contribution in [2.75, 3.05) is 6.54 Å². The summed E-state index contributed by atoms with van der Waals surface area (Å²) in [6.07, 6.45) is 3.73. The fraction of sp³-hybridized carbons (Fsp3) is 0.667. The van der Waals surface area contributed by atoms with E-state index in [1.54, 1.807) is 0 Å². The summed E-state index contributed by atoms with van der Waals surface area (Å²) in [5.41, 5.74) is 1.13. The van der Waals surface area contributed by atoms with Gasteiger partial charge in [-0.25, -0.2) is 0 Å². The lowest BCUT2D eigenvalue weighted by Crippen LogP contribution is -2.33. The smallest absolute Gasteiger partial charge is 0.261 e. The quantitative estimate of drug-likeness (QED) is 0.890. The van der Waals surface area contributed by atoms with E-state index in [9.17, 15) is 9.90 Å². The Kier molecular flexibility index (Phi) is 4.99. The molecule has 19 heavy (non-hydrogen) atoms. The molecule has 0 radical (unpaired) electrons. The summed E-state index contributed by atoms with van der Waals surface area (Å²) in [5.74, 6) is 0.845. The predicted octanol–water partition coefficient (Wildman–Crippen LogP) is 3.15. The van der Waals surface area contributed by atoms with Gasteiger partial charge in [-0.2, -0.15) is 0 Å². The number of rotatable bonds is 4. The first-order valence-electron chi connectivity index (χ1n) is 7.11. The van der Waals surface area contributed by atoms with Crippen LogP contribution in [0.2, 0.25) is 0 Å². The van der Waals surface area contributed by atoms with E-state index in [1.807, 2.05) is 11.4 Å². The fourth-order valence-electron chi connectivity index (χ4n) is 2.72. The Morgan fingerprint density at radius 2 is 2.32 bits per heavy atom. The standard InChI is InChI=1S/C15H23NO2S/c1-10(2)13-6-7-19-14(13)15(18)16-9-11-4-3-5-12(17)8-11/h6-7,10-12,17H,3-5,8-9H2,1-2H3,(H,16,18). The van der Waals surface area contributed by atoms with Gasteiger partial charge >= 0.3 is 0 Å². The van der Waals surface area contributed by atoms with Crippen LogP contribution in [0.3, 0.4) is 0 Å². The lowest BCUT2D eigenvalue weighted by atomic mass is 9.87. The molecule has 1 saturated carbocycles. The van der Waals surface area contributed by atoms with Gasteiger partial charge in [-0.3, -0.25) is 4.79 Å². The van der Waals surface area contributed by atoms with Gasteiger partial charge in [-0.15, -0.1) is 11.3 Å². The van der Waals surface area contributed by atoms with Gasteiger partial charge in [0.15, 0.2) is 0 Å². The van der Waals surface area contributed by atoms with Crippen LogP contribution in [0, 0.1) is 5.92 Å². The van der Waals surface area contributed by atoms with Gasteiger partial charge in [0.1, 0.15) is 0 Å². The average Bonchev–Trinajstić information content (AvgIpc) is 2.85. The zero-order chi connectivity index (χ0) is 13.8. The summed E-state index contributed by atoms with van der Waals surface area (Å²) in [4.78, 5) is 13.0. The summed E-state index contributed by atoms with van der Waals surface area (Å²) in [7, 11) is 0. The molecule has 2 unspecified atom stereocenters. The molecule has 1 fully saturated rings. The summed E-state index contributed by atoms with van der Waals surface area (Å²) in [5, 5.41) is 14.6. The maximum Gasteiger partial charge on any atom is 0.261 e. The Bertz CT molecular complexity index is 428. The van der Waals surface area contributed by atoms with Gasteiger partial charge in [-0.05, 0) is 48.1 Å². The molecule has 0 aliphatic heterocycles. The van der Waals surface area contributed by atoms with E-state index in [0.29, 0.717) is 18.4 Å². The minimum absolute atomic E-state index is 0.0405. The van der Waals surface area contributed by atoms with Crippen molar-refractivity contribution in [3.05, 3.63) is 21.9 Å². The van der Waals surface area contributed by atoms with Gasteiger partial charge < -0.3 is 10.4 Å².